The number of Topliss-reactive ketones (excluding diaryl/α,β-unsaturated/α-hetero) is 1. The van der Waals surface area contributed by atoms with E-state index in [1.54, 1.807) is 97.2 Å². The molecule has 2 aliphatic rings. The van der Waals surface area contributed by atoms with Crippen LogP contribution in [-0.4, -0.2) is 141 Å². The van der Waals surface area contributed by atoms with Crippen molar-refractivity contribution in [3.05, 3.63) is 162 Å². The van der Waals surface area contributed by atoms with E-state index in [1.165, 1.54) is 40.6 Å². The zero-order valence-electron chi connectivity index (χ0n) is 48.3. The number of fused-ring (bicyclic) bond motifs is 1. The second kappa shape index (κ2) is 34.6. The number of carbonyl (C=O) groups is 9. The summed E-state index contributed by atoms with van der Waals surface area (Å²) in [5.74, 6) is -8.39. The molecule has 4 aromatic carbocycles. The lowest BCUT2D eigenvalue weighted by Crippen LogP contribution is -2.61. The van der Waals surface area contributed by atoms with Crippen molar-refractivity contribution in [2.75, 3.05) is 29.1 Å². The molecule has 26 heteroatoms. The fourth-order valence-electron chi connectivity index (χ4n) is 9.62. The van der Waals surface area contributed by atoms with E-state index in [0.717, 1.165) is 38.3 Å². The number of hydrogen-bond acceptors (Lipinski definition) is 17. The molecule has 1 aliphatic heterocycles. The number of benzene rings is 4. The number of carbonyl (C=O) groups excluding carboxylic acids is 9. The van der Waals surface area contributed by atoms with Crippen molar-refractivity contribution < 1.29 is 53.4 Å². The number of urea groups is 1. The van der Waals surface area contributed by atoms with E-state index in [2.05, 4.69) is 47.5 Å². The van der Waals surface area contributed by atoms with Crippen LogP contribution in [-0.2, 0) is 57.6 Å². The van der Waals surface area contributed by atoms with Gasteiger partial charge in [0.15, 0.2) is 5.78 Å². The number of nitrogens with zero attached hydrogens (tertiary/aromatic N) is 1. The van der Waals surface area contributed by atoms with Crippen LogP contribution >= 0.6 is 43.2 Å². The molecule has 7 rings (SSSR count). The van der Waals surface area contributed by atoms with Crippen molar-refractivity contribution in [1.82, 2.24) is 42.2 Å². The number of allylic oxidation sites excluding steroid dienone is 1. The Morgan fingerprint density at radius 3 is 2.11 bits per heavy atom. The van der Waals surface area contributed by atoms with E-state index >= 15 is 9.59 Å². The summed E-state index contributed by atoms with van der Waals surface area (Å²) in [4.78, 5) is 134. The van der Waals surface area contributed by atoms with Gasteiger partial charge in [-0.25, -0.2) is 9.78 Å². The summed E-state index contributed by atoms with van der Waals surface area (Å²) in [5, 5.41) is 43.9. The summed E-state index contributed by atoms with van der Waals surface area (Å²) in [6.07, 6.45) is 2.56. The molecule has 1 saturated heterocycles. The molecule has 0 unspecified atom stereocenters. The number of aliphatic hydroxyl groups excluding tert-OH is 1. The Balaban J connectivity index is 1.26. The molecule has 9 atom stereocenters. The third-order valence-corrected chi connectivity index (χ3v) is 19.1. The number of phenolic OH excluding ortho intramolecular Hbond substituents is 1. The third kappa shape index (κ3) is 21.2. The molecule has 22 nitrogen and oxygen atoms in total. The van der Waals surface area contributed by atoms with Crippen molar-refractivity contribution in [2.45, 2.75) is 112 Å². The Labute approximate surface area is 526 Å². The molecule has 88 heavy (non-hydrogen) atoms. The number of unbranched alkanes of at least 4 members (excludes halogenated alkanes) is 1. The van der Waals surface area contributed by atoms with E-state index in [9.17, 15) is 43.8 Å². The van der Waals surface area contributed by atoms with Crippen LogP contribution < -0.4 is 54.0 Å². The number of rotatable bonds is 22. The average molecular weight is 1280 g/mol. The maximum absolute atomic E-state index is 15.2. The van der Waals surface area contributed by atoms with Gasteiger partial charge in [-0.05, 0) is 121 Å². The Hall–Kier alpha value is -7.88. The third-order valence-electron chi connectivity index (χ3n) is 14.4. The van der Waals surface area contributed by atoms with Crippen LogP contribution in [0, 0.1) is 5.92 Å². The van der Waals surface area contributed by atoms with Crippen LogP contribution in [0.15, 0.2) is 145 Å². The van der Waals surface area contributed by atoms with Gasteiger partial charge in [0.1, 0.15) is 47.0 Å². The number of nitrogens with two attached hydrogens (primary N) is 2. The molecule has 466 valence electrons. The molecule has 1 aliphatic carbocycles. The van der Waals surface area contributed by atoms with Crippen molar-refractivity contribution in [3.63, 3.8) is 0 Å². The number of ketones is 1. The summed E-state index contributed by atoms with van der Waals surface area (Å²) < 4.78 is 0. The fraction of sp³-hybridized carbons (Fsp3) is 0.355. The number of primary amides is 1. The zero-order valence-corrected chi connectivity index (χ0v) is 51.5. The second-order valence-electron chi connectivity index (χ2n) is 21.1. The molecule has 1 aromatic heterocycles. The lowest BCUT2D eigenvalue weighted by molar-refractivity contribution is -0.137. The first kappa shape index (κ1) is 67.6. The fourth-order valence-corrected chi connectivity index (χ4v) is 14.1. The minimum Gasteiger partial charge on any atom is -0.508 e. The molecule has 0 bridgehead atoms. The predicted molar refractivity (Wildman–Crippen MR) is 343 cm³/mol. The first-order valence-electron chi connectivity index (χ1n) is 28.6. The highest BCUT2D eigenvalue weighted by molar-refractivity contribution is 8.77. The second-order valence-corrected chi connectivity index (χ2v) is 26.0. The number of aromatic hydroxyl groups is 1. The van der Waals surface area contributed by atoms with Crippen molar-refractivity contribution in [1.29, 1.82) is 0 Å². The van der Waals surface area contributed by atoms with Gasteiger partial charge in [0, 0.05) is 54.3 Å². The largest absolute Gasteiger partial charge is 0.508 e. The highest BCUT2D eigenvalue weighted by atomic mass is 33.1. The normalized spacial score (nSPS) is 20.6. The van der Waals surface area contributed by atoms with Gasteiger partial charge < -0.3 is 64.2 Å². The average Bonchev–Trinajstić information content (AvgIpc) is 3.70. The number of hydrogen-bond donors (Lipinski definition) is 12. The van der Waals surface area contributed by atoms with Crippen LogP contribution in [0.1, 0.15) is 61.3 Å². The van der Waals surface area contributed by atoms with Crippen LogP contribution in [0.2, 0.25) is 0 Å². The molecule has 0 spiro atoms. The van der Waals surface area contributed by atoms with Crippen LogP contribution in [0.4, 0.5) is 10.5 Å². The van der Waals surface area contributed by atoms with Crippen molar-refractivity contribution >= 4 is 108 Å². The summed E-state index contributed by atoms with van der Waals surface area (Å²) in [7, 11) is 4.43. The van der Waals surface area contributed by atoms with Crippen LogP contribution in [0.25, 0.3) is 5.57 Å². The minimum absolute atomic E-state index is 0.00363. The van der Waals surface area contributed by atoms with Gasteiger partial charge in [0.05, 0.1) is 12.1 Å². The quantitative estimate of drug-likeness (QED) is 0.0343. The number of amides is 9. The topological polar surface area (TPSA) is 355 Å². The highest BCUT2D eigenvalue weighted by Crippen LogP contribution is 2.32. The van der Waals surface area contributed by atoms with Crippen LogP contribution in [0.5, 0.6) is 5.75 Å². The Morgan fingerprint density at radius 2 is 1.41 bits per heavy atom. The number of aliphatic hydroxyl groups is 1. The maximum Gasteiger partial charge on any atom is 0.319 e. The van der Waals surface area contributed by atoms with Gasteiger partial charge in [-0.15, -0.1) is 0 Å². The van der Waals surface area contributed by atoms with Crippen molar-refractivity contribution in [2.24, 2.45) is 17.4 Å². The highest BCUT2D eigenvalue weighted by Gasteiger charge is 2.37. The molecule has 0 saturated carbocycles. The molecular formula is C62H73N11O11S4. The molecule has 2 heterocycles. The number of nitrogens with one attached hydrogen (secondary N) is 8. The summed E-state index contributed by atoms with van der Waals surface area (Å²) in [5.41, 5.74) is 15.9. The van der Waals surface area contributed by atoms with Crippen molar-refractivity contribution in [3.8, 4) is 5.75 Å². The SMILES string of the molecule is C[C@@H](O)[C@@H]1NC(=O)[C@H](CCCCN)NC(=O)[C@@H](CC2=CCc3ccccc32)NC(=O)[C@H](Cc2ccc(O)cc2)CC(=O)[C@@H](NC(=O)[C@@H](Cc2ccccc2)NC(=O)Nc2ccccc2)CSSC[C@@H](C(=O)N[C@@H](CSSc2ccccn2)C(N)=O)NC1=O. The lowest BCUT2D eigenvalue weighted by Gasteiger charge is -2.29. The number of pyridine rings is 1. The van der Waals surface area contributed by atoms with E-state index in [0.29, 0.717) is 41.1 Å². The number of para-hydroxylation sites is 1. The Kier molecular flexibility index (Phi) is 26.6. The number of aromatic nitrogens is 1. The Morgan fingerprint density at radius 1 is 0.727 bits per heavy atom. The van der Waals surface area contributed by atoms with Gasteiger partial charge in [-0.1, -0.05) is 129 Å². The molecule has 14 N–H and O–H groups in total. The maximum atomic E-state index is 15.2. The summed E-state index contributed by atoms with van der Waals surface area (Å²) in [6, 6.07) is 25.7. The van der Waals surface area contributed by atoms with Gasteiger partial charge in [-0.2, -0.15) is 0 Å². The first-order valence-corrected chi connectivity index (χ1v) is 33.4. The summed E-state index contributed by atoms with van der Waals surface area (Å²) in [6.45, 7) is 1.49. The van der Waals surface area contributed by atoms with E-state index in [4.69, 9.17) is 11.5 Å². The minimum atomic E-state index is -1.72. The van der Waals surface area contributed by atoms with Gasteiger partial charge in [0.2, 0.25) is 41.4 Å². The van der Waals surface area contributed by atoms with Gasteiger partial charge in [0.25, 0.3) is 0 Å². The van der Waals surface area contributed by atoms with Gasteiger partial charge >= 0.3 is 6.03 Å². The van der Waals surface area contributed by atoms with E-state index in [1.807, 2.05) is 30.3 Å². The smallest absolute Gasteiger partial charge is 0.319 e. The van der Waals surface area contributed by atoms with Gasteiger partial charge in [-0.3, -0.25) is 38.4 Å². The molecule has 1 fully saturated rings. The van der Waals surface area contributed by atoms with E-state index in [-0.39, 0.29) is 55.2 Å². The number of phenols is 1. The molecular weight excluding hydrogens is 1200 g/mol. The standard InChI is InChI=1S/C62H73N11O11S4/c1-37(74)54-61(83)71-51(60(82)70-50(55(64)77)35-87-88-53-21-11-13-29-65-53)36-86-85-34-49(69-58(80)47(31-38-14-4-2-5-15-38)72-62(84)66-43-17-6-3-7-18-43)52(76)33-42(30-39-22-26-44(75)27-23-39)56(78)68-48(32-41-25-24-40-16-8-9-19-45(40)41)59(81)67-46(57(79)73-54)20-10-12-28-63/h2-9,11,13-19,21-23,25-27,29,37,42,46-51,54,74-75H,10,12,20,24,28,30-36,63H2,1H3,(H2,64,77)(H,67,81)(H,68,78)(H,69,80)(H,70,82)(H,71,83)(H,73,79)(H2,66,72,84)/t37-,42-,46+,47-,48-,49+,50+,51+,54+/m1/s1. The summed E-state index contributed by atoms with van der Waals surface area (Å²) >= 11 is 0. The van der Waals surface area contributed by atoms with E-state index < -0.39 is 114 Å². The molecule has 9 amide bonds. The first-order chi connectivity index (χ1) is 42.4. The zero-order chi connectivity index (χ0) is 63.0. The van der Waals surface area contributed by atoms with Crippen LogP contribution in [0.3, 0.4) is 0 Å². The Bertz CT molecular complexity index is 3230. The number of anilines is 1. The monoisotopic (exact) mass is 1280 g/mol. The lowest BCUT2D eigenvalue weighted by atomic mass is 9.90. The molecule has 0 radical (unpaired) electrons. The molecule has 5 aromatic rings. The predicted octanol–water partition coefficient (Wildman–Crippen LogP) is 4.11.